The lowest BCUT2D eigenvalue weighted by atomic mass is 10.1. The summed E-state index contributed by atoms with van der Waals surface area (Å²) in [7, 11) is 0. The van der Waals surface area contributed by atoms with E-state index in [1.165, 1.54) is 17.1 Å². The second kappa shape index (κ2) is 8.45. The number of rotatable bonds is 4. The molecule has 3 rings (SSSR count). The van der Waals surface area contributed by atoms with Crippen molar-refractivity contribution in [1.82, 2.24) is 4.90 Å². The van der Waals surface area contributed by atoms with Crippen LogP contribution in [0.25, 0.3) is 0 Å². The second-order valence-electron chi connectivity index (χ2n) is 6.12. The molecule has 1 amide bonds. The minimum absolute atomic E-state index is 0.192. The van der Waals surface area contributed by atoms with Crippen molar-refractivity contribution >= 4 is 46.6 Å². The third-order valence-corrected chi connectivity index (χ3v) is 5.91. The number of nitrogens with zero attached hydrogens (tertiary/aromatic N) is 1. The van der Waals surface area contributed by atoms with E-state index in [4.69, 9.17) is 23.2 Å². The van der Waals surface area contributed by atoms with Gasteiger partial charge in [0.05, 0.1) is 10.0 Å². The molecule has 0 saturated carbocycles. The molecule has 1 saturated heterocycles. The molecule has 1 N–H and O–H groups in total. The lowest BCUT2D eigenvalue weighted by molar-refractivity contribution is 0.102. The summed E-state index contributed by atoms with van der Waals surface area (Å²) in [6.07, 6.45) is 0. The molecule has 2 aromatic rings. The van der Waals surface area contributed by atoms with Gasteiger partial charge in [-0.25, -0.2) is 0 Å². The molecule has 3 nitrogen and oxygen atoms in total. The minimum atomic E-state index is -0.192. The number of halogens is 2. The third-order valence-electron chi connectivity index (χ3n) is 4.23. The number of carbonyl (C=O) groups excluding carboxylic acids is 1. The predicted molar refractivity (Wildman–Crippen MR) is 108 cm³/mol. The number of hydrogen-bond donors (Lipinski definition) is 1. The molecule has 6 heteroatoms. The molecular weight excluding hydrogens is 375 g/mol. The van der Waals surface area contributed by atoms with E-state index in [-0.39, 0.29) is 5.91 Å². The second-order valence-corrected chi connectivity index (χ2v) is 8.16. The molecule has 0 aliphatic carbocycles. The van der Waals surface area contributed by atoms with Gasteiger partial charge in [0.1, 0.15) is 0 Å². The Balaban J connectivity index is 1.67. The molecule has 0 unspecified atom stereocenters. The van der Waals surface area contributed by atoms with Crippen LogP contribution in [0.15, 0.2) is 36.4 Å². The Labute approximate surface area is 162 Å². The summed E-state index contributed by atoms with van der Waals surface area (Å²) < 4.78 is 0. The fourth-order valence-corrected chi connectivity index (χ4v) is 4.09. The van der Waals surface area contributed by atoms with E-state index in [1.54, 1.807) is 18.2 Å². The van der Waals surface area contributed by atoms with E-state index in [0.717, 1.165) is 30.9 Å². The molecule has 25 heavy (non-hydrogen) atoms. The summed E-state index contributed by atoms with van der Waals surface area (Å²) in [5.41, 5.74) is 3.63. The molecule has 2 aromatic carbocycles. The Morgan fingerprint density at radius 1 is 1.12 bits per heavy atom. The highest BCUT2D eigenvalue weighted by Gasteiger charge is 2.13. The quantitative estimate of drug-likeness (QED) is 0.782. The molecule has 1 heterocycles. The van der Waals surface area contributed by atoms with Crippen LogP contribution in [0.3, 0.4) is 0 Å². The zero-order valence-electron chi connectivity index (χ0n) is 14.0. The van der Waals surface area contributed by atoms with Crippen molar-refractivity contribution in [2.45, 2.75) is 13.5 Å². The first-order valence-corrected chi connectivity index (χ1v) is 10.1. The number of nitrogens with one attached hydrogen (secondary N) is 1. The maximum Gasteiger partial charge on any atom is 0.255 e. The number of benzene rings is 2. The molecule has 1 fully saturated rings. The summed E-state index contributed by atoms with van der Waals surface area (Å²) in [5.74, 6) is 2.22. The van der Waals surface area contributed by atoms with Crippen molar-refractivity contribution in [3.8, 4) is 0 Å². The summed E-state index contributed by atoms with van der Waals surface area (Å²) in [6, 6.07) is 11.1. The first kappa shape index (κ1) is 18.6. The van der Waals surface area contributed by atoms with Crippen molar-refractivity contribution in [2.75, 3.05) is 29.9 Å². The van der Waals surface area contributed by atoms with Gasteiger partial charge < -0.3 is 5.32 Å². The molecular formula is C19H20Cl2N2OS. The van der Waals surface area contributed by atoms with Gasteiger partial charge in [0, 0.05) is 42.4 Å². The number of thioether (sulfide) groups is 1. The van der Waals surface area contributed by atoms with Gasteiger partial charge in [-0.15, -0.1) is 0 Å². The molecule has 0 bridgehead atoms. The highest BCUT2D eigenvalue weighted by Crippen LogP contribution is 2.24. The van der Waals surface area contributed by atoms with E-state index < -0.39 is 0 Å². The normalized spacial score (nSPS) is 15.2. The third kappa shape index (κ3) is 4.91. The van der Waals surface area contributed by atoms with Crippen LogP contribution >= 0.6 is 35.0 Å². The fraction of sp³-hybridized carbons (Fsp3) is 0.316. The van der Waals surface area contributed by atoms with Crippen molar-refractivity contribution in [2.24, 2.45) is 0 Å². The maximum absolute atomic E-state index is 12.4. The van der Waals surface area contributed by atoms with E-state index >= 15 is 0 Å². The van der Waals surface area contributed by atoms with Crippen molar-refractivity contribution < 1.29 is 4.79 Å². The van der Waals surface area contributed by atoms with Crippen LogP contribution in [-0.4, -0.2) is 35.4 Å². The van der Waals surface area contributed by atoms with Crippen molar-refractivity contribution in [3.63, 3.8) is 0 Å². The van der Waals surface area contributed by atoms with Crippen LogP contribution in [0, 0.1) is 6.92 Å². The van der Waals surface area contributed by atoms with Gasteiger partial charge in [-0.05, 0) is 42.3 Å². The number of carbonyl (C=O) groups is 1. The van der Waals surface area contributed by atoms with Gasteiger partial charge in [0.25, 0.3) is 5.91 Å². The Morgan fingerprint density at radius 2 is 1.88 bits per heavy atom. The molecule has 1 aliphatic rings. The SMILES string of the molecule is Cc1cc(CN2CCSCC2)ccc1NC(=O)c1ccc(Cl)c(Cl)c1. The largest absolute Gasteiger partial charge is 0.322 e. The van der Waals surface area contributed by atoms with Crippen LogP contribution in [0.5, 0.6) is 0 Å². The predicted octanol–water partition coefficient (Wildman–Crippen LogP) is 5.10. The van der Waals surface area contributed by atoms with Gasteiger partial charge in [0.2, 0.25) is 0 Å². The minimum Gasteiger partial charge on any atom is -0.322 e. The smallest absolute Gasteiger partial charge is 0.255 e. The van der Waals surface area contributed by atoms with E-state index in [2.05, 4.69) is 22.3 Å². The fourth-order valence-electron chi connectivity index (χ4n) is 2.81. The zero-order chi connectivity index (χ0) is 17.8. The lowest BCUT2D eigenvalue weighted by Gasteiger charge is -2.26. The van der Waals surface area contributed by atoms with Crippen molar-refractivity contribution in [1.29, 1.82) is 0 Å². The highest BCUT2D eigenvalue weighted by molar-refractivity contribution is 7.99. The highest BCUT2D eigenvalue weighted by atomic mass is 35.5. The lowest BCUT2D eigenvalue weighted by Crippen LogP contribution is -2.31. The van der Waals surface area contributed by atoms with Crippen LogP contribution in [0.4, 0.5) is 5.69 Å². The van der Waals surface area contributed by atoms with Gasteiger partial charge in [-0.1, -0.05) is 35.3 Å². The molecule has 0 spiro atoms. The van der Waals surface area contributed by atoms with Gasteiger partial charge in [-0.2, -0.15) is 11.8 Å². The number of aryl methyl sites for hydroxylation is 1. The standard InChI is InChI=1S/C19H20Cl2N2OS/c1-13-10-14(12-23-6-8-25-9-7-23)2-5-18(13)22-19(24)15-3-4-16(20)17(21)11-15/h2-5,10-11H,6-9,12H2,1H3,(H,22,24). The van der Waals surface area contributed by atoms with Crippen LogP contribution in [0.1, 0.15) is 21.5 Å². The van der Waals surface area contributed by atoms with E-state index in [9.17, 15) is 4.79 Å². The molecule has 0 atom stereocenters. The Bertz CT molecular complexity index is 776. The molecule has 132 valence electrons. The van der Waals surface area contributed by atoms with Gasteiger partial charge >= 0.3 is 0 Å². The maximum atomic E-state index is 12.4. The Kier molecular flexibility index (Phi) is 6.29. The molecule has 0 radical (unpaired) electrons. The van der Waals surface area contributed by atoms with Crippen LogP contribution in [-0.2, 0) is 6.54 Å². The number of anilines is 1. The zero-order valence-corrected chi connectivity index (χ0v) is 16.3. The average Bonchev–Trinajstić information content (AvgIpc) is 2.60. The summed E-state index contributed by atoms with van der Waals surface area (Å²) >= 11 is 13.9. The summed E-state index contributed by atoms with van der Waals surface area (Å²) in [4.78, 5) is 14.9. The first-order valence-electron chi connectivity index (χ1n) is 8.19. The summed E-state index contributed by atoms with van der Waals surface area (Å²) in [5, 5.41) is 3.76. The molecule has 1 aliphatic heterocycles. The average molecular weight is 395 g/mol. The first-order chi connectivity index (χ1) is 12.0. The Morgan fingerprint density at radius 3 is 2.56 bits per heavy atom. The van der Waals surface area contributed by atoms with Crippen molar-refractivity contribution in [3.05, 3.63) is 63.1 Å². The topological polar surface area (TPSA) is 32.3 Å². The van der Waals surface area contributed by atoms with Crippen LogP contribution in [0.2, 0.25) is 10.0 Å². The summed E-state index contributed by atoms with van der Waals surface area (Å²) in [6.45, 7) is 5.25. The van der Waals surface area contributed by atoms with Crippen LogP contribution < -0.4 is 5.32 Å². The van der Waals surface area contributed by atoms with Gasteiger partial charge in [-0.3, -0.25) is 9.69 Å². The Hall–Kier alpha value is -1.20. The van der Waals surface area contributed by atoms with E-state index in [0.29, 0.717) is 15.6 Å². The van der Waals surface area contributed by atoms with Gasteiger partial charge in [0.15, 0.2) is 0 Å². The number of amides is 1. The van der Waals surface area contributed by atoms with E-state index in [1.807, 2.05) is 24.8 Å². The number of hydrogen-bond acceptors (Lipinski definition) is 3. The molecule has 0 aromatic heterocycles. The monoisotopic (exact) mass is 394 g/mol.